The van der Waals surface area contributed by atoms with E-state index in [0.29, 0.717) is 5.56 Å². The lowest BCUT2D eigenvalue weighted by molar-refractivity contribution is 0.0696. The van der Waals surface area contributed by atoms with Crippen LogP contribution in [0.5, 0.6) is 0 Å². The second-order valence-electron chi connectivity index (χ2n) is 8.15. The third-order valence-electron chi connectivity index (χ3n) is 5.71. The average molecular weight is 409 g/mol. The number of hydrogen-bond donors (Lipinski definition) is 1. The van der Waals surface area contributed by atoms with Gasteiger partial charge in [0, 0.05) is 11.1 Å². The molecular formula is C27H36O3. The van der Waals surface area contributed by atoms with Crippen LogP contribution in [0.25, 0.3) is 0 Å². The molecule has 30 heavy (non-hydrogen) atoms. The molecule has 1 N–H and O–H groups in total. The maximum Gasteiger partial charge on any atom is 0.335 e. The van der Waals surface area contributed by atoms with Crippen LogP contribution in [-0.4, -0.2) is 16.9 Å². The molecule has 0 heterocycles. The van der Waals surface area contributed by atoms with E-state index in [4.69, 9.17) is 5.11 Å². The molecule has 0 radical (unpaired) electrons. The highest BCUT2D eigenvalue weighted by Gasteiger charge is 2.14. The fourth-order valence-electron chi connectivity index (χ4n) is 3.86. The number of carboxylic acids is 1. The number of rotatable bonds is 15. The summed E-state index contributed by atoms with van der Waals surface area (Å²) in [6, 6.07) is 14.0. The number of aromatic carboxylic acids is 1. The minimum absolute atomic E-state index is 0.0365. The van der Waals surface area contributed by atoms with Crippen molar-refractivity contribution in [2.75, 3.05) is 0 Å². The Morgan fingerprint density at radius 1 is 0.667 bits per heavy atom. The zero-order valence-electron chi connectivity index (χ0n) is 18.4. The van der Waals surface area contributed by atoms with Gasteiger partial charge in [-0.15, -0.1) is 0 Å². The molecule has 0 saturated carbocycles. The van der Waals surface area contributed by atoms with Crippen molar-refractivity contribution in [1.29, 1.82) is 0 Å². The second-order valence-corrected chi connectivity index (χ2v) is 8.15. The topological polar surface area (TPSA) is 54.4 Å². The SMILES string of the molecule is CCCCCCCCCCCCCc1ccccc1C(=O)c1ccc(C(=O)O)cc1. The zero-order chi connectivity index (χ0) is 21.6. The van der Waals surface area contributed by atoms with Crippen LogP contribution in [0.4, 0.5) is 0 Å². The van der Waals surface area contributed by atoms with E-state index in [0.717, 1.165) is 24.0 Å². The van der Waals surface area contributed by atoms with E-state index in [2.05, 4.69) is 6.92 Å². The molecule has 2 aromatic carbocycles. The molecule has 0 bridgehead atoms. The molecule has 3 heteroatoms. The Hall–Kier alpha value is -2.42. The van der Waals surface area contributed by atoms with E-state index in [1.807, 2.05) is 24.3 Å². The van der Waals surface area contributed by atoms with Crippen molar-refractivity contribution in [3.8, 4) is 0 Å². The summed E-state index contributed by atoms with van der Waals surface area (Å²) in [5.74, 6) is -1.02. The normalized spacial score (nSPS) is 10.8. The number of unbranched alkanes of at least 4 members (excludes halogenated alkanes) is 10. The molecule has 2 aromatic rings. The minimum Gasteiger partial charge on any atom is -0.478 e. The fraction of sp³-hybridized carbons (Fsp3) is 0.481. The predicted octanol–water partition coefficient (Wildman–Crippen LogP) is 7.47. The van der Waals surface area contributed by atoms with Gasteiger partial charge >= 0.3 is 5.97 Å². The van der Waals surface area contributed by atoms with Crippen molar-refractivity contribution in [1.82, 2.24) is 0 Å². The number of hydrogen-bond acceptors (Lipinski definition) is 2. The molecule has 0 aliphatic rings. The standard InChI is InChI=1S/C27H36O3/c1-2-3-4-5-6-7-8-9-10-11-12-15-22-16-13-14-17-25(22)26(28)23-18-20-24(21-19-23)27(29)30/h13-14,16-21H,2-12,15H2,1H3,(H,29,30). The Bertz CT molecular complexity index is 777. The molecule has 0 aliphatic heterocycles. The van der Waals surface area contributed by atoms with Gasteiger partial charge in [-0.25, -0.2) is 4.79 Å². The molecule has 162 valence electrons. The molecule has 0 unspecified atom stereocenters. The summed E-state index contributed by atoms with van der Waals surface area (Å²) in [6.45, 7) is 2.26. The Kier molecular flexibility index (Phi) is 10.9. The molecule has 0 aromatic heterocycles. The van der Waals surface area contributed by atoms with Crippen molar-refractivity contribution in [3.63, 3.8) is 0 Å². The van der Waals surface area contributed by atoms with Gasteiger partial charge in [0.05, 0.1) is 5.56 Å². The van der Waals surface area contributed by atoms with Gasteiger partial charge in [0.15, 0.2) is 5.78 Å². The third-order valence-corrected chi connectivity index (χ3v) is 5.71. The first-order valence-corrected chi connectivity index (χ1v) is 11.6. The predicted molar refractivity (Wildman–Crippen MR) is 123 cm³/mol. The Morgan fingerprint density at radius 3 is 1.73 bits per heavy atom. The van der Waals surface area contributed by atoms with Gasteiger partial charge < -0.3 is 5.11 Å². The largest absolute Gasteiger partial charge is 0.478 e. The number of carbonyl (C=O) groups is 2. The lowest BCUT2D eigenvalue weighted by Crippen LogP contribution is -2.06. The highest BCUT2D eigenvalue weighted by Crippen LogP contribution is 2.19. The van der Waals surface area contributed by atoms with Crippen LogP contribution in [0.15, 0.2) is 48.5 Å². The Balaban J connectivity index is 1.75. The first-order valence-electron chi connectivity index (χ1n) is 11.6. The van der Waals surface area contributed by atoms with Crippen LogP contribution < -0.4 is 0 Å². The molecule has 2 rings (SSSR count). The first kappa shape index (κ1) is 23.9. The monoisotopic (exact) mass is 408 g/mol. The molecule has 0 amide bonds. The first-order chi connectivity index (χ1) is 14.6. The van der Waals surface area contributed by atoms with Gasteiger partial charge in [-0.3, -0.25) is 4.79 Å². The van der Waals surface area contributed by atoms with Crippen molar-refractivity contribution in [2.45, 2.75) is 84.0 Å². The van der Waals surface area contributed by atoms with Crippen LogP contribution in [-0.2, 0) is 6.42 Å². The molecule has 0 fully saturated rings. The smallest absolute Gasteiger partial charge is 0.335 e. The minimum atomic E-state index is -0.981. The lowest BCUT2D eigenvalue weighted by Gasteiger charge is -2.09. The van der Waals surface area contributed by atoms with Gasteiger partial charge in [-0.1, -0.05) is 108 Å². The van der Waals surface area contributed by atoms with Crippen LogP contribution >= 0.6 is 0 Å². The fourth-order valence-corrected chi connectivity index (χ4v) is 3.86. The van der Waals surface area contributed by atoms with Crippen LogP contribution in [0.3, 0.4) is 0 Å². The Labute approximate surface area is 181 Å². The van der Waals surface area contributed by atoms with E-state index in [1.165, 1.54) is 76.3 Å². The number of benzene rings is 2. The van der Waals surface area contributed by atoms with Crippen molar-refractivity contribution in [2.24, 2.45) is 0 Å². The summed E-state index contributed by atoms with van der Waals surface area (Å²) < 4.78 is 0. The summed E-state index contributed by atoms with van der Waals surface area (Å²) in [5, 5.41) is 9.02. The number of carboxylic acid groups (broad SMARTS) is 1. The van der Waals surface area contributed by atoms with E-state index in [9.17, 15) is 9.59 Å². The molecular weight excluding hydrogens is 372 g/mol. The summed E-state index contributed by atoms with van der Waals surface area (Å²) in [6.07, 6.45) is 15.3. The van der Waals surface area contributed by atoms with Crippen LogP contribution in [0, 0.1) is 0 Å². The average Bonchev–Trinajstić information content (AvgIpc) is 2.77. The van der Waals surface area contributed by atoms with Gasteiger partial charge in [0.2, 0.25) is 0 Å². The van der Waals surface area contributed by atoms with E-state index < -0.39 is 5.97 Å². The number of aryl methyl sites for hydroxylation is 1. The van der Waals surface area contributed by atoms with Gasteiger partial charge in [-0.2, -0.15) is 0 Å². The second kappa shape index (κ2) is 13.7. The van der Waals surface area contributed by atoms with Crippen LogP contribution in [0.1, 0.15) is 109 Å². The third kappa shape index (κ3) is 8.14. The van der Waals surface area contributed by atoms with E-state index in [1.54, 1.807) is 12.1 Å². The number of ketones is 1. The highest BCUT2D eigenvalue weighted by atomic mass is 16.4. The molecule has 0 saturated heterocycles. The lowest BCUT2D eigenvalue weighted by atomic mass is 9.94. The molecule has 0 atom stereocenters. The molecule has 3 nitrogen and oxygen atoms in total. The number of carbonyl (C=O) groups excluding carboxylic acids is 1. The highest BCUT2D eigenvalue weighted by molar-refractivity contribution is 6.10. The van der Waals surface area contributed by atoms with Crippen molar-refractivity contribution < 1.29 is 14.7 Å². The maximum atomic E-state index is 12.9. The summed E-state index contributed by atoms with van der Waals surface area (Å²) in [5.41, 5.74) is 2.54. The zero-order valence-corrected chi connectivity index (χ0v) is 18.4. The van der Waals surface area contributed by atoms with Crippen molar-refractivity contribution >= 4 is 11.8 Å². The molecule has 0 aliphatic carbocycles. The van der Waals surface area contributed by atoms with Gasteiger partial charge in [0.25, 0.3) is 0 Å². The van der Waals surface area contributed by atoms with E-state index >= 15 is 0 Å². The van der Waals surface area contributed by atoms with Crippen LogP contribution in [0.2, 0.25) is 0 Å². The summed E-state index contributed by atoms with van der Waals surface area (Å²) >= 11 is 0. The van der Waals surface area contributed by atoms with Crippen molar-refractivity contribution in [3.05, 3.63) is 70.8 Å². The Morgan fingerprint density at radius 2 is 1.17 bits per heavy atom. The summed E-state index contributed by atoms with van der Waals surface area (Å²) in [4.78, 5) is 23.9. The van der Waals surface area contributed by atoms with E-state index in [-0.39, 0.29) is 11.3 Å². The maximum absolute atomic E-state index is 12.9. The summed E-state index contributed by atoms with van der Waals surface area (Å²) in [7, 11) is 0. The molecule has 0 spiro atoms. The van der Waals surface area contributed by atoms with Gasteiger partial charge in [-0.05, 0) is 30.5 Å². The quantitative estimate of drug-likeness (QED) is 0.246. The van der Waals surface area contributed by atoms with Gasteiger partial charge in [0.1, 0.15) is 0 Å².